The van der Waals surface area contributed by atoms with Crippen LogP contribution in [0.5, 0.6) is 5.75 Å². The summed E-state index contributed by atoms with van der Waals surface area (Å²) in [7, 11) is -3.66. The monoisotopic (exact) mass is 454 g/mol. The van der Waals surface area contributed by atoms with Crippen LogP contribution in [-0.2, 0) is 14.8 Å². The molecule has 3 aromatic rings. The Hall–Kier alpha value is -3.06. The highest BCUT2D eigenvalue weighted by atomic mass is 32.2. The molecular weight excluding hydrogens is 424 g/mol. The number of hydrogen-bond acceptors (Lipinski definition) is 4. The van der Waals surface area contributed by atoms with Crippen LogP contribution in [0, 0.1) is 13.8 Å². The van der Waals surface area contributed by atoms with Crippen LogP contribution >= 0.6 is 0 Å². The zero-order valence-electron chi connectivity index (χ0n) is 19.0. The largest absolute Gasteiger partial charge is 0.492 e. The first-order valence-corrected chi connectivity index (χ1v) is 12.5. The van der Waals surface area contributed by atoms with Gasteiger partial charge in [0.05, 0.1) is 18.5 Å². The van der Waals surface area contributed by atoms with E-state index in [1.165, 1.54) is 4.31 Å². The molecule has 0 saturated heterocycles. The Balaban J connectivity index is 1.65. The molecule has 1 amide bonds. The Morgan fingerprint density at radius 3 is 2.38 bits per heavy atom. The molecule has 1 N–H and O–H groups in total. The highest BCUT2D eigenvalue weighted by Gasteiger charge is 2.31. The Morgan fingerprint density at radius 1 is 1.00 bits per heavy atom. The molecule has 1 atom stereocenters. The normalized spacial score (nSPS) is 12.4. The minimum atomic E-state index is -3.66. The van der Waals surface area contributed by atoms with E-state index in [9.17, 15) is 13.2 Å². The van der Waals surface area contributed by atoms with Gasteiger partial charge in [0.15, 0.2) is 0 Å². The quantitative estimate of drug-likeness (QED) is 0.492. The Labute approximate surface area is 190 Å². The van der Waals surface area contributed by atoms with Crippen LogP contribution in [0.25, 0.3) is 10.8 Å². The third-order valence-electron chi connectivity index (χ3n) is 5.47. The van der Waals surface area contributed by atoms with Crippen LogP contribution in [0.15, 0.2) is 60.7 Å². The standard InChI is InChI=1S/C25H30N2O4S/c1-5-24(27(32(4,29)30)22-12-10-18(2)19(3)16-22)25(28)26-14-15-31-23-13-11-20-8-6-7-9-21(20)17-23/h6-13,16-17,24H,5,14-15H2,1-4H3,(H,26,28)/t24-/m0/s1. The first-order valence-electron chi connectivity index (χ1n) is 10.7. The van der Waals surface area contributed by atoms with Crippen LogP contribution < -0.4 is 14.4 Å². The fourth-order valence-electron chi connectivity index (χ4n) is 3.64. The minimum absolute atomic E-state index is 0.271. The highest BCUT2D eigenvalue weighted by Crippen LogP contribution is 2.25. The van der Waals surface area contributed by atoms with Crippen molar-refractivity contribution in [3.05, 3.63) is 71.8 Å². The molecule has 3 aromatic carbocycles. The molecule has 0 aliphatic rings. The van der Waals surface area contributed by atoms with Crippen molar-refractivity contribution in [2.24, 2.45) is 0 Å². The van der Waals surface area contributed by atoms with E-state index < -0.39 is 16.1 Å². The van der Waals surface area contributed by atoms with Crippen LogP contribution in [0.1, 0.15) is 24.5 Å². The molecule has 6 nitrogen and oxygen atoms in total. The number of sulfonamides is 1. The highest BCUT2D eigenvalue weighted by molar-refractivity contribution is 7.92. The van der Waals surface area contributed by atoms with Gasteiger partial charge in [0, 0.05) is 0 Å². The molecule has 3 rings (SSSR count). The molecule has 0 heterocycles. The lowest BCUT2D eigenvalue weighted by Crippen LogP contribution is -2.50. The van der Waals surface area contributed by atoms with Crippen molar-refractivity contribution in [1.29, 1.82) is 0 Å². The van der Waals surface area contributed by atoms with Gasteiger partial charge in [0.1, 0.15) is 18.4 Å². The number of ether oxygens (including phenoxy) is 1. The topological polar surface area (TPSA) is 75.7 Å². The van der Waals surface area contributed by atoms with Crippen molar-refractivity contribution in [3.63, 3.8) is 0 Å². The summed E-state index contributed by atoms with van der Waals surface area (Å²) in [6.07, 6.45) is 1.47. The van der Waals surface area contributed by atoms with Gasteiger partial charge in [0.2, 0.25) is 15.9 Å². The van der Waals surface area contributed by atoms with E-state index in [1.54, 1.807) is 19.1 Å². The fourth-order valence-corrected chi connectivity index (χ4v) is 4.84. The molecule has 0 aromatic heterocycles. The molecule has 0 fully saturated rings. The summed E-state index contributed by atoms with van der Waals surface area (Å²) in [5, 5.41) is 5.03. The number of carbonyl (C=O) groups excluding carboxylic acids is 1. The molecular formula is C25H30N2O4S. The van der Waals surface area contributed by atoms with Crippen molar-refractivity contribution in [2.75, 3.05) is 23.7 Å². The van der Waals surface area contributed by atoms with Gasteiger partial charge < -0.3 is 10.1 Å². The Morgan fingerprint density at radius 2 is 1.72 bits per heavy atom. The average molecular weight is 455 g/mol. The summed E-state index contributed by atoms with van der Waals surface area (Å²) in [6, 6.07) is 18.4. The third-order valence-corrected chi connectivity index (χ3v) is 6.65. The van der Waals surface area contributed by atoms with Crippen molar-refractivity contribution in [2.45, 2.75) is 33.2 Å². The van der Waals surface area contributed by atoms with Crippen molar-refractivity contribution in [1.82, 2.24) is 5.32 Å². The van der Waals surface area contributed by atoms with E-state index in [1.807, 2.05) is 62.4 Å². The van der Waals surface area contributed by atoms with Gasteiger partial charge >= 0.3 is 0 Å². The lowest BCUT2D eigenvalue weighted by atomic mass is 10.1. The lowest BCUT2D eigenvalue weighted by molar-refractivity contribution is -0.122. The molecule has 7 heteroatoms. The van der Waals surface area contributed by atoms with E-state index in [-0.39, 0.29) is 19.1 Å². The predicted octanol–water partition coefficient (Wildman–Crippen LogP) is 4.20. The number of anilines is 1. The van der Waals surface area contributed by atoms with Crippen molar-refractivity contribution >= 4 is 32.4 Å². The zero-order valence-corrected chi connectivity index (χ0v) is 19.8. The number of nitrogens with zero attached hydrogens (tertiary/aromatic N) is 1. The number of nitrogens with one attached hydrogen (secondary N) is 1. The third kappa shape index (κ3) is 5.59. The molecule has 0 radical (unpaired) electrons. The summed E-state index contributed by atoms with van der Waals surface area (Å²) < 4.78 is 32.1. The molecule has 0 spiro atoms. The fraction of sp³-hybridized carbons (Fsp3) is 0.320. The summed E-state index contributed by atoms with van der Waals surface area (Å²) in [6.45, 7) is 6.23. The maximum atomic E-state index is 12.9. The molecule has 170 valence electrons. The van der Waals surface area contributed by atoms with Gasteiger partial charge in [-0.15, -0.1) is 0 Å². The van der Waals surface area contributed by atoms with Crippen LogP contribution in [0.3, 0.4) is 0 Å². The summed E-state index contributed by atoms with van der Waals surface area (Å²) >= 11 is 0. The maximum Gasteiger partial charge on any atom is 0.244 e. The minimum Gasteiger partial charge on any atom is -0.492 e. The summed E-state index contributed by atoms with van der Waals surface area (Å²) in [4.78, 5) is 12.9. The summed E-state index contributed by atoms with van der Waals surface area (Å²) in [5.41, 5.74) is 2.52. The van der Waals surface area contributed by atoms with Gasteiger partial charge in [-0.05, 0) is 66.4 Å². The van der Waals surface area contributed by atoms with Crippen LogP contribution in [0.2, 0.25) is 0 Å². The SMILES string of the molecule is CC[C@@H](C(=O)NCCOc1ccc2ccccc2c1)N(c1ccc(C)c(C)c1)S(C)(=O)=O. The van der Waals surface area contributed by atoms with E-state index in [2.05, 4.69) is 5.32 Å². The second-order valence-electron chi connectivity index (χ2n) is 7.90. The average Bonchev–Trinajstić information content (AvgIpc) is 2.76. The Bertz CT molecular complexity index is 1210. The van der Waals surface area contributed by atoms with Gasteiger partial charge in [-0.2, -0.15) is 0 Å². The number of benzene rings is 3. The predicted molar refractivity (Wildman–Crippen MR) is 130 cm³/mol. The molecule has 0 bridgehead atoms. The molecule has 0 aliphatic heterocycles. The smallest absolute Gasteiger partial charge is 0.244 e. The van der Waals surface area contributed by atoms with Crippen molar-refractivity contribution < 1.29 is 17.9 Å². The van der Waals surface area contributed by atoms with E-state index in [0.29, 0.717) is 12.1 Å². The number of aryl methyl sites for hydroxylation is 2. The van der Waals surface area contributed by atoms with E-state index in [0.717, 1.165) is 33.9 Å². The first kappa shape index (κ1) is 23.6. The second-order valence-corrected chi connectivity index (χ2v) is 9.76. The number of hydrogen-bond donors (Lipinski definition) is 1. The van der Waals surface area contributed by atoms with Gasteiger partial charge in [0.25, 0.3) is 0 Å². The first-order chi connectivity index (χ1) is 15.2. The molecule has 32 heavy (non-hydrogen) atoms. The second kappa shape index (κ2) is 10.0. The van der Waals surface area contributed by atoms with Crippen LogP contribution in [-0.4, -0.2) is 39.8 Å². The summed E-state index contributed by atoms with van der Waals surface area (Å²) in [5.74, 6) is 0.371. The van der Waals surface area contributed by atoms with Crippen molar-refractivity contribution in [3.8, 4) is 5.75 Å². The zero-order chi connectivity index (χ0) is 23.3. The Kier molecular flexibility index (Phi) is 7.40. The maximum absolute atomic E-state index is 12.9. The molecule has 0 unspecified atom stereocenters. The molecule has 0 aliphatic carbocycles. The molecule has 0 saturated carbocycles. The number of rotatable bonds is 9. The van der Waals surface area contributed by atoms with Gasteiger partial charge in [-0.25, -0.2) is 8.42 Å². The number of carbonyl (C=O) groups is 1. The van der Waals surface area contributed by atoms with Crippen LogP contribution in [0.4, 0.5) is 5.69 Å². The van der Waals surface area contributed by atoms with Gasteiger partial charge in [-0.1, -0.05) is 43.3 Å². The lowest BCUT2D eigenvalue weighted by Gasteiger charge is -2.30. The number of amides is 1. The van der Waals surface area contributed by atoms with Gasteiger partial charge in [-0.3, -0.25) is 9.10 Å². The number of fused-ring (bicyclic) bond motifs is 1. The van der Waals surface area contributed by atoms with E-state index >= 15 is 0 Å². The van der Waals surface area contributed by atoms with E-state index in [4.69, 9.17) is 4.74 Å².